The zero-order chi connectivity index (χ0) is 16.2. The molecule has 0 aliphatic carbocycles. The molecule has 0 spiro atoms. The molecular formula is C16H17N3O2S2. The Bertz CT molecular complexity index is 702. The number of anilines is 1. The van der Waals surface area contributed by atoms with E-state index in [1.807, 2.05) is 36.6 Å². The van der Waals surface area contributed by atoms with Crippen LogP contribution in [0.25, 0.3) is 0 Å². The number of hydrogen-bond acceptors (Lipinski definition) is 5. The molecule has 1 saturated heterocycles. The third-order valence-corrected chi connectivity index (χ3v) is 5.58. The summed E-state index contributed by atoms with van der Waals surface area (Å²) in [5.74, 6) is 0.0613. The summed E-state index contributed by atoms with van der Waals surface area (Å²) in [5.41, 5.74) is 1.36. The van der Waals surface area contributed by atoms with E-state index in [1.165, 1.54) is 23.1 Å². The Morgan fingerprint density at radius 3 is 2.91 bits per heavy atom. The van der Waals surface area contributed by atoms with Crippen LogP contribution in [0.3, 0.4) is 0 Å². The molecule has 1 atom stereocenters. The van der Waals surface area contributed by atoms with Crippen LogP contribution in [0.5, 0.6) is 0 Å². The summed E-state index contributed by atoms with van der Waals surface area (Å²) in [4.78, 5) is 30.3. The van der Waals surface area contributed by atoms with Crippen LogP contribution in [0.1, 0.15) is 16.9 Å². The number of para-hydroxylation sites is 1. The van der Waals surface area contributed by atoms with E-state index >= 15 is 0 Å². The van der Waals surface area contributed by atoms with Gasteiger partial charge >= 0.3 is 0 Å². The number of nitrogens with one attached hydrogen (secondary N) is 1. The van der Waals surface area contributed by atoms with E-state index in [0.29, 0.717) is 25.2 Å². The van der Waals surface area contributed by atoms with Gasteiger partial charge in [-0.1, -0.05) is 30.0 Å². The molecule has 1 fully saturated rings. The minimum absolute atomic E-state index is 0.105. The minimum atomic E-state index is -0.174. The minimum Gasteiger partial charge on any atom is -0.350 e. The summed E-state index contributed by atoms with van der Waals surface area (Å²) >= 11 is 2.99. The van der Waals surface area contributed by atoms with Crippen molar-refractivity contribution in [2.75, 3.05) is 24.2 Å². The van der Waals surface area contributed by atoms with Gasteiger partial charge in [-0.05, 0) is 18.4 Å². The lowest BCUT2D eigenvalue weighted by Gasteiger charge is -2.16. The molecule has 0 bridgehead atoms. The van der Waals surface area contributed by atoms with Crippen molar-refractivity contribution < 1.29 is 9.59 Å². The summed E-state index contributed by atoms with van der Waals surface area (Å²) in [6, 6.07) is 9.63. The van der Waals surface area contributed by atoms with Gasteiger partial charge in [-0.25, -0.2) is 4.98 Å². The quantitative estimate of drug-likeness (QED) is 0.845. The van der Waals surface area contributed by atoms with Crippen LogP contribution in [0, 0.1) is 5.92 Å². The monoisotopic (exact) mass is 347 g/mol. The number of nitrogens with zero attached hydrogens (tertiary/aromatic N) is 2. The first-order valence-corrected chi connectivity index (χ1v) is 9.41. The van der Waals surface area contributed by atoms with Gasteiger partial charge in [0.1, 0.15) is 10.0 Å². The van der Waals surface area contributed by atoms with E-state index in [9.17, 15) is 9.59 Å². The molecule has 1 aromatic carbocycles. The Hall–Kier alpha value is -1.86. The number of aromatic nitrogens is 1. The normalized spacial score (nSPS) is 17.5. The average molecular weight is 347 g/mol. The van der Waals surface area contributed by atoms with E-state index in [0.717, 1.165) is 10.0 Å². The van der Waals surface area contributed by atoms with Crippen LogP contribution in [-0.4, -0.2) is 36.1 Å². The van der Waals surface area contributed by atoms with Gasteiger partial charge in [0.25, 0.3) is 5.91 Å². The van der Waals surface area contributed by atoms with Gasteiger partial charge in [0, 0.05) is 36.5 Å². The fraction of sp³-hybridized carbons (Fsp3) is 0.312. The van der Waals surface area contributed by atoms with Crippen molar-refractivity contribution in [1.29, 1.82) is 0 Å². The third kappa shape index (κ3) is 3.73. The van der Waals surface area contributed by atoms with E-state index < -0.39 is 0 Å². The number of thioether (sulfide) groups is 1. The molecule has 7 heteroatoms. The summed E-state index contributed by atoms with van der Waals surface area (Å²) in [6.45, 7) is 1.12. The molecule has 120 valence electrons. The summed E-state index contributed by atoms with van der Waals surface area (Å²) in [5, 5.41) is 4.65. The predicted octanol–water partition coefficient (Wildman–Crippen LogP) is 2.65. The number of carbonyl (C=O) groups excluding carboxylic acids is 2. The fourth-order valence-corrected chi connectivity index (χ4v) is 3.80. The maximum absolute atomic E-state index is 12.1. The lowest BCUT2D eigenvalue weighted by molar-refractivity contribution is -0.117. The Labute approximate surface area is 143 Å². The second kappa shape index (κ2) is 7.14. The number of benzene rings is 1. The molecule has 2 aromatic rings. The Morgan fingerprint density at radius 2 is 2.22 bits per heavy atom. The van der Waals surface area contributed by atoms with Crippen LogP contribution in [0.15, 0.2) is 40.1 Å². The molecule has 1 aliphatic rings. The molecule has 1 aromatic heterocycles. The van der Waals surface area contributed by atoms with Crippen molar-refractivity contribution in [3.8, 4) is 0 Å². The van der Waals surface area contributed by atoms with Gasteiger partial charge in [-0.3, -0.25) is 9.59 Å². The fourth-order valence-electron chi connectivity index (χ4n) is 2.56. The summed E-state index contributed by atoms with van der Waals surface area (Å²) in [7, 11) is 0. The predicted molar refractivity (Wildman–Crippen MR) is 93.1 cm³/mol. The lowest BCUT2D eigenvalue weighted by atomic mass is 10.1. The highest BCUT2D eigenvalue weighted by molar-refractivity contribution is 8.00. The van der Waals surface area contributed by atoms with Gasteiger partial charge < -0.3 is 10.2 Å². The maximum Gasteiger partial charge on any atom is 0.270 e. The van der Waals surface area contributed by atoms with Crippen LogP contribution in [0.4, 0.5) is 5.69 Å². The highest BCUT2D eigenvalue weighted by atomic mass is 32.2. The van der Waals surface area contributed by atoms with Crippen molar-refractivity contribution in [3.63, 3.8) is 0 Å². The molecule has 0 radical (unpaired) electrons. The second-order valence-corrected chi connectivity index (χ2v) is 7.23. The first kappa shape index (κ1) is 16.0. The Morgan fingerprint density at radius 1 is 1.43 bits per heavy atom. The third-order valence-electron chi connectivity index (χ3n) is 3.71. The van der Waals surface area contributed by atoms with Crippen LogP contribution in [0.2, 0.25) is 0 Å². The molecule has 0 unspecified atom stereocenters. The number of carbonyl (C=O) groups is 2. The highest BCUT2D eigenvalue weighted by Gasteiger charge is 2.30. The Balaban J connectivity index is 1.55. The molecule has 3 rings (SSSR count). The summed E-state index contributed by atoms with van der Waals surface area (Å²) < 4.78 is 0.876. The van der Waals surface area contributed by atoms with Crippen molar-refractivity contribution in [2.24, 2.45) is 5.92 Å². The van der Waals surface area contributed by atoms with Crippen molar-refractivity contribution in [3.05, 3.63) is 41.4 Å². The highest BCUT2D eigenvalue weighted by Crippen LogP contribution is 2.24. The van der Waals surface area contributed by atoms with Gasteiger partial charge in [0.2, 0.25) is 5.91 Å². The first-order chi connectivity index (χ1) is 11.2. The van der Waals surface area contributed by atoms with E-state index in [2.05, 4.69) is 10.3 Å². The van der Waals surface area contributed by atoms with Crippen molar-refractivity contribution in [1.82, 2.24) is 10.3 Å². The average Bonchev–Trinajstić information content (AvgIpc) is 3.20. The number of hydrogen-bond donors (Lipinski definition) is 1. The Kier molecular flexibility index (Phi) is 4.97. The molecule has 1 aliphatic heterocycles. The standard InChI is InChI=1S/C16H17N3O2S2/c1-22-16-18-13(10-23-16)15(21)17-8-11-7-14(20)19(9-11)12-5-3-2-4-6-12/h2-6,10-11H,7-9H2,1H3,(H,17,21)/t11-/m0/s1. The van der Waals surface area contributed by atoms with Gasteiger partial charge in [0.05, 0.1) is 0 Å². The molecule has 0 saturated carbocycles. The van der Waals surface area contributed by atoms with Crippen molar-refractivity contribution in [2.45, 2.75) is 10.8 Å². The van der Waals surface area contributed by atoms with E-state index in [1.54, 1.807) is 10.3 Å². The largest absolute Gasteiger partial charge is 0.350 e. The topological polar surface area (TPSA) is 62.3 Å². The number of thiazole rings is 1. The zero-order valence-corrected chi connectivity index (χ0v) is 14.3. The smallest absolute Gasteiger partial charge is 0.270 e. The zero-order valence-electron chi connectivity index (χ0n) is 12.7. The summed E-state index contributed by atoms with van der Waals surface area (Å²) in [6.07, 6.45) is 2.39. The van der Waals surface area contributed by atoms with Crippen molar-refractivity contribution >= 4 is 40.6 Å². The maximum atomic E-state index is 12.1. The van der Waals surface area contributed by atoms with Crippen LogP contribution >= 0.6 is 23.1 Å². The van der Waals surface area contributed by atoms with E-state index in [-0.39, 0.29) is 17.7 Å². The van der Waals surface area contributed by atoms with E-state index in [4.69, 9.17) is 0 Å². The molecule has 2 heterocycles. The SMILES string of the molecule is CSc1nc(C(=O)NC[C@@H]2CC(=O)N(c3ccccc3)C2)cs1. The second-order valence-electron chi connectivity index (χ2n) is 5.32. The van der Waals surface area contributed by atoms with Gasteiger partial charge in [-0.2, -0.15) is 0 Å². The molecular weight excluding hydrogens is 330 g/mol. The molecule has 23 heavy (non-hydrogen) atoms. The van der Waals surface area contributed by atoms with Crippen LogP contribution in [-0.2, 0) is 4.79 Å². The molecule has 1 N–H and O–H groups in total. The van der Waals surface area contributed by atoms with Gasteiger partial charge in [0.15, 0.2) is 0 Å². The van der Waals surface area contributed by atoms with Crippen LogP contribution < -0.4 is 10.2 Å². The first-order valence-electron chi connectivity index (χ1n) is 7.30. The van der Waals surface area contributed by atoms with Gasteiger partial charge in [-0.15, -0.1) is 11.3 Å². The lowest BCUT2D eigenvalue weighted by Crippen LogP contribution is -2.31. The number of rotatable bonds is 5. The number of amides is 2. The molecule has 5 nitrogen and oxygen atoms in total. The molecule has 2 amide bonds.